The zero-order chi connectivity index (χ0) is 20.6. The number of halogens is 1. The summed E-state index contributed by atoms with van der Waals surface area (Å²) in [7, 11) is 0. The number of hydrogen-bond donors (Lipinski definition) is 1. The summed E-state index contributed by atoms with van der Waals surface area (Å²) >= 11 is 0. The molecule has 1 aromatic heterocycles. The third kappa shape index (κ3) is 3.83. The molecule has 0 saturated carbocycles. The molecule has 0 unspecified atom stereocenters. The smallest absolute Gasteiger partial charge is 0.321 e. The van der Waals surface area contributed by atoms with Gasteiger partial charge < -0.3 is 19.6 Å². The highest BCUT2D eigenvalue weighted by Crippen LogP contribution is 2.39. The minimum Gasteiger partial charge on any atom is -0.361 e. The molecule has 1 aromatic carbocycles. The Hall–Kier alpha value is -2.90. The quantitative estimate of drug-likeness (QED) is 0.836. The number of amides is 3. The van der Waals surface area contributed by atoms with Gasteiger partial charge in [-0.05, 0) is 51.3 Å². The summed E-state index contributed by atoms with van der Waals surface area (Å²) in [5.41, 5.74) is 1.48. The van der Waals surface area contributed by atoms with E-state index >= 15 is 0 Å². The van der Waals surface area contributed by atoms with Crippen LogP contribution in [-0.4, -0.2) is 53.1 Å². The molecule has 1 N–H and O–H groups in total. The Bertz CT molecular complexity index is 924. The molecular formula is C21H25FN4O3. The molecule has 8 heteroatoms. The number of benzene rings is 1. The van der Waals surface area contributed by atoms with Crippen molar-refractivity contribution < 1.29 is 18.5 Å². The Morgan fingerprint density at radius 1 is 1.17 bits per heavy atom. The van der Waals surface area contributed by atoms with E-state index in [9.17, 15) is 14.0 Å². The van der Waals surface area contributed by atoms with E-state index in [0.29, 0.717) is 48.9 Å². The summed E-state index contributed by atoms with van der Waals surface area (Å²) in [4.78, 5) is 29.3. The van der Waals surface area contributed by atoms with Crippen LogP contribution in [0.25, 0.3) is 0 Å². The van der Waals surface area contributed by atoms with E-state index in [1.165, 1.54) is 12.1 Å². The van der Waals surface area contributed by atoms with Gasteiger partial charge in [0.2, 0.25) is 0 Å². The molecule has 7 nitrogen and oxygen atoms in total. The first kappa shape index (κ1) is 19.4. The summed E-state index contributed by atoms with van der Waals surface area (Å²) in [5, 5.41) is 6.66. The van der Waals surface area contributed by atoms with E-state index in [-0.39, 0.29) is 23.2 Å². The van der Waals surface area contributed by atoms with Gasteiger partial charge in [-0.1, -0.05) is 11.2 Å². The standard InChI is InChI=1S/C21H25FN4O3/c1-14-18(15(2)29-24-14)19(27)25-9-4-7-21(12-25)8-10-26(13-21)20(28)23-17-6-3-5-16(22)11-17/h3,5-6,11H,4,7-10,12-13H2,1-2H3,(H,23,28)/t21-/m1/s1. The zero-order valence-corrected chi connectivity index (χ0v) is 16.7. The summed E-state index contributed by atoms with van der Waals surface area (Å²) in [6, 6.07) is 5.64. The number of aromatic nitrogens is 1. The molecule has 1 atom stereocenters. The first-order valence-corrected chi connectivity index (χ1v) is 9.91. The summed E-state index contributed by atoms with van der Waals surface area (Å²) in [6.45, 7) is 6.03. The molecule has 2 aliphatic heterocycles. The molecule has 29 heavy (non-hydrogen) atoms. The number of piperidine rings is 1. The van der Waals surface area contributed by atoms with Crippen molar-refractivity contribution in [1.29, 1.82) is 0 Å². The average molecular weight is 400 g/mol. The van der Waals surface area contributed by atoms with Crippen LogP contribution in [-0.2, 0) is 0 Å². The van der Waals surface area contributed by atoms with Crippen molar-refractivity contribution in [2.24, 2.45) is 5.41 Å². The Morgan fingerprint density at radius 2 is 1.97 bits per heavy atom. The van der Waals surface area contributed by atoms with Crippen LogP contribution in [0.4, 0.5) is 14.9 Å². The number of nitrogens with one attached hydrogen (secondary N) is 1. The monoisotopic (exact) mass is 400 g/mol. The fraction of sp³-hybridized carbons (Fsp3) is 0.476. The van der Waals surface area contributed by atoms with E-state index in [4.69, 9.17) is 4.52 Å². The molecule has 1 spiro atoms. The van der Waals surface area contributed by atoms with E-state index < -0.39 is 0 Å². The number of urea groups is 1. The van der Waals surface area contributed by atoms with Gasteiger partial charge in [0, 0.05) is 37.3 Å². The summed E-state index contributed by atoms with van der Waals surface area (Å²) < 4.78 is 18.5. The molecule has 0 bridgehead atoms. The van der Waals surface area contributed by atoms with Gasteiger partial charge in [-0.15, -0.1) is 0 Å². The molecule has 3 heterocycles. The average Bonchev–Trinajstić information content (AvgIpc) is 3.24. The number of nitrogens with zero attached hydrogens (tertiary/aromatic N) is 3. The fourth-order valence-electron chi connectivity index (χ4n) is 4.54. The molecule has 3 amide bonds. The molecule has 2 aromatic rings. The number of hydrogen-bond acceptors (Lipinski definition) is 4. The SMILES string of the molecule is Cc1noc(C)c1C(=O)N1CCC[C@@]2(CCN(C(=O)Nc3cccc(F)c3)C2)C1. The molecular weight excluding hydrogens is 375 g/mol. The van der Waals surface area contributed by atoms with E-state index in [0.717, 1.165) is 19.3 Å². The first-order chi connectivity index (χ1) is 13.9. The van der Waals surface area contributed by atoms with Crippen LogP contribution in [0.15, 0.2) is 28.8 Å². The number of aryl methyl sites for hydroxylation is 2. The van der Waals surface area contributed by atoms with Crippen molar-refractivity contribution in [2.75, 3.05) is 31.5 Å². The predicted molar refractivity (Wildman–Crippen MR) is 105 cm³/mol. The van der Waals surface area contributed by atoms with Crippen molar-refractivity contribution in [3.8, 4) is 0 Å². The normalized spacial score (nSPS) is 21.6. The number of likely N-dealkylation sites (tertiary alicyclic amines) is 2. The Kier molecular flexibility index (Phi) is 5.02. The van der Waals surface area contributed by atoms with Gasteiger partial charge in [0.25, 0.3) is 5.91 Å². The Labute approximate surface area is 168 Å². The minimum absolute atomic E-state index is 0.0528. The Balaban J connectivity index is 1.43. The second kappa shape index (κ2) is 7.50. The summed E-state index contributed by atoms with van der Waals surface area (Å²) in [5.74, 6) is 0.0964. The van der Waals surface area contributed by atoms with Gasteiger partial charge in [-0.2, -0.15) is 0 Å². The molecule has 2 saturated heterocycles. The second-order valence-corrected chi connectivity index (χ2v) is 8.14. The Morgan fingerprint density at radius 3 is 2.69 bits per heavy atom. The largest absolute Gasteiger partial charge is 0.361 e. The topological polar surface area (TPSA) is 78.7 Å². The molecule has 154 valence electrons. The van der Waals surface area contributed by atoms with Gasteiger partial charge in [-0.3, -0.25) is 4.79 Å². The van der Waals surface area contributed by atoms with Crippen LogP contribution in [0, 0.1) is 25.1 Å². The van der Waals surface area contributed by atoms with Crippen LogP contribution in [0.1, 0.15) is 41.1 Å². The maximum Gasteiger partial charge on any atom is 0.321 e. The van der Waals surface area contributed by atoms with Crippen LogP contribution >= 0.6 is 0 Å². The van der Waals surface area contributed by atoms with Crippen molar-refractivity contribution >= 4 is 17.6 Å². The fourth-order valence-corrected chi connectivity index (χ4v) is 4.54. The highest BCUT2D eigenvalue weighted by Gasteiger charge is 2.44. The lowest BCUT2D eigenvalue weighted by atomic mass is 9.79. The summed E-state index contributed by atoms with van der Waals surface area (Å²) in [6.07, 6.45) is 2.71. The van der Waals surface area contributed by atoms with E-state index in [1.54, 1.807) is 30.9 Å². The van der Waals surface area contributed by atoms with Gasteiger partial charge in [-0.25, -0.2) is 9.18 Å². The van der Waals surface area contributed by atoms with E-state index in [1.807, 2.05) is 4.90 Å². The van der Waals surface area contributed by atoms with Crippen molar-refractivity contribution in [3.05, 3.63) is 47.1 Å². The van der Waals surface area contributed by atoms with Crippen LogP contribution < -0.4 is 5.32 Å². The van der Waals surface area contributed by atoms with Crippen molar-refractivity contribution in [1.82, 2.24) is 15.0 Å². The van der Waals surface area contributed by atoms with Crippen molar-refractivity contribution in [3.63, 3.8) is 0 Å². The zero-order valence-electron chi connectivity index (χ0n) is 16.7. The van der Waals surface area contributed by atoms with Gasteiger partial charge >= 0.3 is 6.03 Å². The lowest BCUT2D eigenvalue weighted by molar-refractivity contribution is 0.0536. The maximum atomic E-state index is 13.4. The highest BCUT2D eigenvalue weighted by molar-refractivity contribution is 5.96. The number of carbonyl (C=O) groups excluding carboxylic acids is 2. The lowest BCUT2D eigenvalue weighted by Crippen LogP contribution is -2.48. The number of rotatable bonds is 2. The van der Waals surface area contributed by atoms with Crippen LogP contribution in [0.2, 0.25) is 0 Å². The number of anilines is 1. The maximum absolute atomic E-state index is 13.4. The molecule has 2 aliphatic rings. The third-order valence-electron chi connectivity index (χ3n) is 6.00. The molecule has 0 aliphatic carbocycles. The highest BCUT2D eigenvalue weighted by atomic mass is 19.1. The number of carbonyl (C=O) groups is 2. The van der Waals surface area contributed by atoms with Crippen LogP contribution in [0.5, 0.6) is 0 Å². The van der Waals surface area contributed by atoms with Crippen molar-refractivity contribution in [2.45, 2.75) is 33.1 Å². The van der Waals surface area contributed by atoms with Gasteiger partial charge in [0.05, 0.1) is 5.69 Å². The second-order valence-electron chi connectivity index (χ2n) is 8.14. The lowest BCUT2D eigenvalue weighted by Gasteiger charge is -2.40. The molecule has 2 fully saturated rings. The molecule has 0 radical (unpaired) electrons. The third-order valence-corrected chi connectivity index (χ3v) is 6.00. The molecule has 4 rings (SSSR count). The van der Waals surface area contributed by atoms with Gasteiger partial charge in [0.15, 0.2) is 0 Å². The minimum atomic E-state index is -0.388. The predicted octanol–water partition coefficient (Wildman–Crippen LogP) is 3.59. The van der Waals surface area contributed by atoms with Gasteiger partial charge in [0.1, 0.15) is 17.1 Å². The van der Waals surface area contributed by atoms with E-state index in [2.05, 4.69) is 10.5 Å². The van der Waals surface area contributed by atoms with Crippen LogP contribution in [0.3, 0.4) is 0 Å². The first-order valence-electron chi connectivity index (χ1n) is 9.91.